The number of halogens is 2. The minimum atomic E-state index is -2.57. The maximum Gasteiger partial charge on any atom is 0.248 e. The fraction of sp³-hybridized carbons (Fsp3) is 0.333. The lowest BCUT2D eigenvalue weighted by Crippen LogP contribution is -2.32. The molecule has 1 fully saturated rings. The molecule has 1 aliphatic carbocycles. The first-order chi connectivity index (χ1) is 15.9. The van der Waals surface area contributed by atoms with Crippen LogP contribution in [0.2, 0.25) is 0 Å². The largest absolute Gasteiger partial charge is 0.367 e. The van der Waals surface area contributed by atoms with Gasteiger partial charge in [-0.3, -0.25) is 4.68 Å². The fourth-order valence-corrected chi connectivity index (χ4v) is 4.87. The average molecular weight is 467 g/mol. The Kier molecular flexibility index (Phi) is 5.65. The van der Waals surface area contributed by atoms with E-state index < -0.39 is 5.92 Å². The number of alkyl halides is 2. The van der Waals surface area contributed by atoms with E-state index in [1.54, 1.807) is 22.2 Å². The van der Waals surface area contributed by atoms with Crippen molar-refractivity contribution in [2.24, 2.45) is 7.05 Å². The van der Waals surface area contributed by atoms with Crippen molar-refractivity contribution < 1.29 is 8.78 Å². The van der Waals surface area contributed by atoms with Crippen LogP contribution in [0.25, 0.3) is 33.0 Å². The first kappa shape index (κ1) is 21.6. The van der Waals surface area contributed by atoms with Gasteiger partial charge in [-0.1, -0.05) is 18.2 Å². The predicted octanol–water partition coefficient (Wildman–Crippen LogP) is 5.97. The third-order valence-electron chi connectivity index (χ3n) is 5.89. The van der Waals surface area contributed by atoms with Crippen molar-refractivity contribution in [2.75, 3.05) is 5.32 Å². The highest BCUT2D eigenvalue weighted by Crippen LogP contribution is 2.37. The number of aromatic nitrogens is 5. The first-order valence-corrected chi connectivity index (χ1v) is 11.7. The second-order valence-electron chi connectivity index (χ2n) is 8.46. The molecule has 1 aromatic carbocycles. The highest BCUT2D eigenvalue weighted by atomic mass is 32.1. The molecule has 0 radical (unpaired) electrons. The summed E-state index contributed by atoms with van der Waals surface area (Å²) in [5.41, 5.74) is 3.75. The van der Waals surface area contributed by atoms with Gasteiger partial charge in [0.2, 0.25) is 5.92 Å². The highest BCUT2D eigenvalue weighted by molar-refractivity contribution is 7.15. The van der Waals surface area contributed by atoms with Crippen LogP contribution in [0.15, 0.2) is 49.1 Å². The summed E-state index contributed by atoms with van der Waals surface area (Å²) in [6.07, 6.45) is 7.99. The molecule has 33 heavy (non-hydrogen) atoms. The Morgan fingerprint density at radius 2 is 1.85 bits per heavy atom. The molecule has 0 amide bonds. The van der Waals surface area contributed by atoms with Crippen molar-refractivity contribution in [2.45, 2.75) is 44.6 Å². The molecule has 0 spiro atoms. The molecule has 0 saturated heterocycles. The van der Waals surface area contributed by atoms with Crippen LogP contribution in [-0.4, -0.2) is 36.7 Å². The molecule has 0 bridgehead atoms. The zero-order valence-corrected chi connectivity index (χ0v) is 19.2. The molecule has 1 N–H and O–H groups in total. The average Bonchev–Trinajstić information content (AvgIpc) is 3.43. The summed E-state index contributed by atoms with van der Waals surface area (Å²) >= 11 is 1.56. The van der Waals surface area contributed by atoms with Gasteiger partial charge in [0, 0.05) is 55.6 Å². The van der Waals surface area contributed by atoms with E-state index in [4.69, 9.17) is 4.98 Å². The number of rotatable bonds is 5. The second-order valence-corrected chi connectivity index (χ2v) is 9.69. The molecule has 1 saturated carbocycles. The molecular weight excluding hydrogens is 442 g/mol. The third-order valence-corrected chi connectivity index (χ3v) is 6.84. The monoisotopic (exact) mass is 466 g/mol. The van der Waals surface area contributed by atoms with E-state index in [2.05, 4.69) is 20.4 Å². The maximum absolute atomic E-state index is 13.7. The molecular formula is C24H24F2N6S. The number of nitrogens with zero attached hydrogens (tertiary/aromatic N) is 5. The molecule has 4 aromatic rings. The predicted molar refractivity (Wildman–Crippen MR) is 126 cm³/mol. The molecule has 3 aromatic heterocycles. The van der Waals surface area contributed by atoms with E-state index in [1.165, 1.54) is 0 Å². The lowest BCUT2D eigenvalue weighted by molar-refractivity contribution is -0.0361. The van der Waals surface area contributed by atoms with Crippen LogP contribution in [0.5, 0.6) is 0 Å². The zero-order chi connectivity index (χ0) is 23.0. The zero-order valence-electron chi connectivity index (χ0n) is 18.4. The Morgan fingerprint density at radius 3 is 2.55 bits per heavy atom. The van der Waals surface area contributed by atoms with E-state index in [1.807, 2.05) is 56.8 Å². The number of nitrogens with one attached hydrogen (secondary N) is 1. The molecule has 5 rings (SSSR count). The van der Waals surface area contributed by atoms with E-state index >= 15 is 0 Å². The van der Waals surface area contributed by atoms with Gasteiger partial charge in [-0.15, -0.1) is 11.3 Å². The standard InChI is InChI=1S/C24H24F2N6S/c1-15-27-13-21(33-15)20-12-28-22(31-23(20)30-19-6-8-24(25,26)9-7-19)17-5-3-4-16(10-17)18-11-29-32(2)14-18/h3-5,10-14,19H,6-9H2,1-2H3,(H,28,30,31). The third kappa shape index (κ3) is 4.78. The van der Waals surface area contributed by atoms with Crippen LogP contribution >= 0.6 is 11.3 Å². The molecule has 0 unspecified atom stereocenters. The normalized spacial score (nSPS) is 16.1. The van der Waals surface area contributed by atoms with Gasteiger partial charge in [0.1, 0.15) is 5.82 Å². The number of hydrogen-bond donors (Lipinski definition) is 1. The number of thiazole rings is 1. The molecule has 0 aliphatic heterocycles. The number of anilines is 1. The minimum absolute atomic E-state index is 0.0538. The molecule has 1 aliphatic rings. The quantitative estimate of drug-likeness (QED) is 0.393. The lowest BCUT2D eigenvalue weighted by atomic mass is 9.92. The fourth-order valence-electron chi connectivity index (χ4n) is 4.08. The van der Waals surface area contributed by atoms with Crippen molar-refractivity contribution in [1.29, 1.82) is 0 Å². The highest BCUT2D eigenvalue weighted by Gasteiger charge is 2.35. The smallest absolute Gasteiger partial charge is 0.248 e. The Balaban J connectivity index is 1.50. The summed E-state index contributed by atoms with van der Waals surface area (Å²) in [5, 5.41) is 8.63. The van der Waals surface area contributed by atoms with Crippen LogP contribution < -0.4 is 5.32 Å². The van der Waals surface area contributed by atoms with Crippen LogP contribution in [0.3, 0.4) is 0 Å². The van der Waals surface area contributed by atoms with E-state index in [0.717, 1.165) is 32.1 Å². The Labute approximate surface area is 194 Å². The number of aryl methyl sites for hydroxylation is 2. The van der Waals surface area contributed by atoms with Crippen LogP contribution in [0, 0.1) is 6.92 Å². The van der Waals surface area contributed by atoms with E-state index in [0.29, 0.717) is 24.5 Å². The Hall–Kier alpha value is -3.20. The molecule has 9 heteroatoms. The molecule has 170 valence electrons. The van der Waals surface area contributed by atoms with Gasteiger partial charge in [0.25, 0.3) is 0 Å². The summed E-state index contributed by atoms with van der Waals surface area (Å²) < 4.78 is 29.1. The van der Waals surface area contributed by atoms with Gasteiger partial charge in [-0.25, -0.2) is 23.7 Å². The number of hydrogen-bond acceptors (Lipinski definition) is 6. The van der Waals surface area contributed by atoms with Gasteiger partial charge in [0.05, 0.1) is 21.6 Å². The SMILES string of the molecule is Cc1ncc(-c2cnc(-c3cccc(-c4cnn(C)c4)c3)nc2NC2CCC(F)(F)CC2)s1. The van der Waals surface area contributed by atoms with E-state index in [-0.39, 0.29) is 18.9 Å². The van der Waals surface area contributed by atoms with Crippen molar-refractivity contribution in [1.82, 2.24) is 24.7 Å². The Morgan fingerprint density at radius 1 is 1.06 bits per heavy atom. The van der Waals surface area contributed by atoms with Crippen LogP contribution in [0.4, 0.5) is 14.6 Å². The molecule has 3 heterocycles. The maximum atomic E-state index is 13.7. The molecule has 6 nitrogen and oxygen atoms in total. The second kappa shape index (κ2) is 8.62. The van der Waals surface area contributed by atoms with Gasteiger partial charge in [0.15, 0.2) is 5.82 Å². The molecule has 0 atom stereocenters. The summed E-state index contributed by atoms with van der Waals surface area (Å²) in [6.45, 7) is 1.95. The summed E-state index contributed by atoms with van der Waals surface area (Å²) in [4.78, 5) is 14.8. The van der Waals surface area contributed by atoms with Crippen molar-refractivity contribution in [3.8, 4) is 33.0 Å². The van der Waals surface area contributed by atoms with Gasteiger partial charge >= 0.3 is 0 Å². The van der Waals surface area contributed by atoms with Crippen molar-refractivity contribution >= 4 is 17.2 Å². The summed E-state index contributed by atoms with van der Waals surface area (Å²) in [7, 11) is 1.88. The van der Waals surface area contributed by atoms with Gasteiger partial charge in [-0.2, -0.15) is 5.10 Å². The van der Waals surface area contributed by atoms with Gasteiger partial charge < -0.3 is 5.32 Å². The summed E-state index contributed by atoms with van der Waals surface area (Å²) in [5.74, 6) is -1.33. The van der Waals surface area contributed by atoms with Crippen molar-refractivity contribution in [3.63, 3.8) is 0 Å². The van der Waals surface area contributed by atoms with E-state index in [9.17, 15) is 8.78 Å². The van der Waals surface area contributed by atoms with Crippen molar-refractivity contribution in [3.05, 3.63) is 54.1 Å². The van der Waals surface area contributed by atoms with Crippen LogP contribution in [0.1, 0.15) is 30.7 Å². The Bertz CT molecular complexity index is 1270. The summed E-state index contributed by atoms with van der Waals surface area (Å²) in [6, 6.07) is 7.94. The minimum Gasteiger partial charge on any atom is -0.367 e. The number of benzene rings is 1. The topological polar surface area (TPSA) is 68.5 Å². The lowest BCUT2D eigenvalue weighted by Gasteiger charge is -2.29. The first-order valence-electron chi connectivity index (χ1n) is 10.9. The van der Waals surface area contributed by atoms with Gasteiger partial charge in [-0.05, 0) is 31.4 Å². The van der Waals surface area contributed by atoms with Crippen LogP contribution in [-0.2, 0) is 7.05 Å².